The molecule has 1 saturated heterocycles. The third-order valence-corrected chi connectivity index (χ3v) is 9.71. The highest BCUT2D eigenvalue weighted by Crippen LogP contribution is 2.54. The Morgan fingerprint density at radius 1 is 1.00 bits per heavy atom. The number of allylic oxidation sites excluding steroid dienone is 1. The molecule has 2 aliphatic rings. The Labute approximate surface area is 241 Å². The van der Waals surface area contributed by atoms with Gasteiger partial charge in [0.15, 0.2) is 0 Å². The number of hydrogen-bond donors (Lipinski definition) is 0. The second-order valence-corrected chi connectivity index (χ2v) is 12.9. The summed E-state index contributed by atoms with van der Waals surface area (Å²) in [7, 11) is 0. The van der Waals surface area contributed by atoms with E-state index in [9.17, 15) is 4.79 Å². The first-order chi connectivity index (χ1) is 18.4. The van der Waals surface area contributed by atoms with E-state index < -0.39 is 5.41 Å². The fourth-order valence-corrected chi connectivity index (χ4v) is 7.59. The van der Waals surface area contributed by atoms with E-state index in [-0.39, 0.29) is 23.9 Å². The molecule has 38 heavy (non-hydrogen) atoms. The third kappa shape index (κ3) is 6.01. The number of piperidine rings is 1. The van der Waals surface area contributed by atoms with Crippen molar-refractivity contribution < 1.29 is 4.79 Å². The Balaban J connectivity index is 1.57. The SMILES string of the molecule is C=CC[C@@]1(C)C[C@H](c2cccc(Cl)c2)[C@@H](c2ccc(Cl)cc2)N(C(CSCc2ccccc2)C2CC2)C1=O. The van der Waals surface area contributed by atoms with Gasteiger partial charge >= 0.3 is 0 Å². The van der Waals surface area contributed by atoms with Crippen molar-refractivity contribution in [3.8, 4) is 0 Å². The first-order valence-electron chi connectivity index (χ1n) is 13.5. The van der Waals surface area contributed by atoms with Gasteiger partial charge in [0, 0.05) is 33.5 Å². The van der Waals surface area contributed by atoms with E-state index in [4.69, 9.17) is 23.2 Å². The smallest absolute Gasteiger partial charge is 0.229 e. The van der Waals surface area contributed by atoms with Crippen molar-refractivity contribution in [3.63, 3.8) is 0 Å². The maximum absolute atomic E-state index is 14.6. The highest BCUT2D eigenvalue weighted by molar-refractivity contribution is 7.98. The van der Waals surface area contributed by atoms with E-state index >= 15 is 0 Å². The maximum Gasteiger partial charge on any atom is 0.229 e. The molecule has 3 aromatic carbocycles. The lowest BCUT2D eigenvalue weighted by atomic mass is 9.67. The molecule has 3 aromatic rings. The zero-order chi connectivity index (χ0) is 26.7. The van der Waals surface area contributed by atoms with Crippen LogP contribution in [0.25, 0.3) is 0 Å². The molecule has 5 rings (SSSR count). The van der Waals surface area contributed by atoms with E-state index in [1.54, 1.807) is 0 Å². The van der Waals surface area contributed by atoms with Crippen LogP contribution in [0.1, 0.15) is 61.3 Å². The van der Waals surface area contributed by atoms with Crippen LogP contribution in [0.2, 0.25) is 10.0 Å². The number of benzene rings is 3. The van der Waals surface area contributed by atoms with Gasteiger partial charge in [0.1, 0.15) is 0 Å². The summed E-state index contributed by atoms with van der Waals surface area (Å²) in [5.74, 6) is 2.75. The number of hydrogen-bond acceptors (Lipinski definition) is 2. The van der Waals surface area contributed by atoms with Crippen LogP contribution in [0.3, 0.4) is 0 Å². The summed E-state index contributed by atoms with van der Waals surface area (Å²) in [5, 5.41) is 1.43. The minimum Gasteiger partial charge on any atom is -0.330 e. The monoisotopic (exact) mass is 563 g/mol. The van der Waals surface area contributed by atoms with Crippen molar-refractivity contribution in [1.29, 1.82) is 0 Å². The van der Waals surface area contributed by atoms with Crippen molar-refractivity contribution in [2.24, 2.45) is 11.3 Å². The zero-order valence-corrected chi connectivity index (χ0v) is 24.2. The summed E-state index contributed by atoms with van der Waals surface area (Å²) in [6, 6.07) is 27.0. The summed E-state index contributed by atoms with van der Waals surface area (Å²) in [4.78, 5) is 16.8. The highest BCUT2D eigenvalue weighted by Gasteiger charge is 2.53. The van der Waals surface area contributed by atoms with Gasteiger partial charge < -0.3 is 4.90 Å². The van der Waals surface area contributed by atoms with Gasteiger partial charge in [0.25, 0.3) is 0 Å². The number of thioether (sulfide) groups is 1. The summed E-state index contributed by atoms with van der Waals surface area (Å²) in [5.41, 5.74) is 3.11. The van der Waals surface area contributed by atoms with E-state index in [0.29, 0.717) is 17.4 Å². The average Bonchev–Trinajstić information content (AvgIpc) is 3.75. The Morgan fingerprint density at radius 3 is 2.39 bits per heavy atom. The predicted octanol–water partition coefficient (Wildman–Crippen LogP) is 9.35. The van der Waals surface area contributed by atoms with Gasteiger partial charge in [-0.15, -0.1) is 6.58 Å². The molecule has 0 N–H and O–H groups in total. The Bertz CT molecular complexity index is 1260. The number of halogens is 2. The van der Waals surface area contributed by atoms with Gasteiger partial charge in [-0.3, -0.25) is 4.79 Å². The quantitative estimate of drug-likeness (QED) is 0.229. The van der Waals surface area contributed by atoms with Crippen LogP contribution in [0, 0.1) is 11.3 Å². The van der Waals surface area contributed by atoms with Crippen LogP contribution < -0.4 is 0 Å². The van der Waals surface area contributed by atoms with E-state index in [2.05, 4.69) is 73.0 Å². The van der Waals surface area contributed by atoms with Crippen molar-refractivity contribution in [1.82, 2.24) is 4.90 Å². The average molecular weight is 565 g/mol. The minimum atomic E-state index is -0.519. The van der Waals surface area contributed by atoms with Crippen LogP contribution in [0.4, 0.5) is 0 Å². The molecule has 0 aromatic heterocycles. The lowest BCUT2D eigenvalue weighted by molar-refractivity contribution is -0.154. The summed E-state index contributed by atoms with van der Waals surface area (Å²) in [6.07, 6.45) is 5.66. The third-order valence-electron chi connectivity index (χ3n) is 8.11. The lowest BCUT2D eigenvalue weighted by Crippen LogP contribution is -2.56. The maximum atomic E-state index is 14.6. The molecule has 1 unspecified atom stereocenters. The van der Waals surface area contributed by atoms with Crippen molar-refractivity contribution in [2.75, 3.05) is 5.75 Å². The Kier molecular flexibility index (Phi) is 8.57. The van der Waals surface area contributed by atoms with Crippen LogP contribution in [0.5, 0.6) is 0 Å². The van der Waals surface area contributed by atoms with E-state index in [1.165, 1.54) is 24.0 Å². The van der Waals surface area contributed by atoms with Crippen LogP contribution in [-0.2, 0) is 10.5 Å². The number of carbonyl (C=O) groups excluding carboxylic acids is 1. The molecule has 0 bridgehead atoms. The number of carbonyl (C=O) groups is 1. The summed E-state index contributed by atoms with van der Waals surface area (Å²) < 4.78 is 0. The van der Waals surface area contributed by atoms with Gasteiger partial charge in [-0.1, -0.05) is 90.8 Å². The normalized spacial score (nSPS) is 24.3. The molecule has 1 aliphatic heterocycles. The number of likely N-dealkylation sites (tertiary alicyclic amines) is 1. The molecule has 1 amide bonds. The first kappa shape index (κ1) is 27.4. The lowest BCUT2D eigenvalue weighted by Gasteiger charge is -2.52. The predicted molar refractivity (Wildman–Crippen MR) is 162 cm³/mol. The topological polar surface area (TPSA) is 20.3 Å². The molecule has 1 heterocycles. The van der Waals surface area contributed by atoms with Gasteiger partial charge in [-0.25, -0.2) is 0 Å². The molecule has 2 fully saturated rings. The van der Waals surface area contributed by atoms with Gasteiger partial charge in [0.05, 0.1) is 11.5 Å². The van der Waals surface area contributed by atoms with Crippen LogP contribution in [-0.4, -0.2) is 22.6 Å². The zero-order valence-electron chi connectivity index (χ0n) is 21.9. The van der Waals surface area contributed by atoms with Gasteiger partial charge in [0.2, 0.25) is 5.91 Å². The molecule has 5 heteroatoms. The Hall–Kier alpha value is -2.20. The fourth-order valence-electron chi connectivity index (χ4n) is 6.05. The molecule has 2 nitrogen and oxygen atoms in total. The number of nitrogens with zero attached hydrogens (tertiary/aromatic N) is 1. The summed E-state index contributed by atoms with van der Waals surface area (Å²) >= 11 is 14.8. The van der Waals surface area contributed by atoms with Crippen molar-refractivity contribution >= 4 is 40.9 Å². The second-order valence-electron chi connectivity index (χ2n) is 11.0. The second kappa shape index (κ2) is 11.9. The molecule has 0 radical (unpaired) electrons. The van der Waals surface area contributed by atoms with E-state index in [0.717, 1.165) is 28.5 Å². The molecule has 1 aliphatic carbocycles. The molecule has 198 valence electrons. The van der Waals surface area contributed by atoms with Gasteiger partial charge in [-0.2, -0.15) is 11.8 Å². The molecular weight excluding hydrogens is 529 g/mol. The summed E-state index contributed by atoms with van der Waals surface area (Å²) in [6.45, 7) is 6.15. The van der Waals surface area contributed by atoms with Crippen LogP contribution >= 0.6 is 35.0 Å². The molecular formula is C33H35Cl2NOS. The van der Waals surface area contributed by atoms with E-state index in [1.807, 2.05) is 42.1 Å². The number of amides is 1. The minimum absolute atomic E-state index is 0.0842. The standard InChI is InChI=1S/C33H35Cl2NOS/c1-3-18-33(2)20-29(26-10-7-11-28(35)19-26)31(25-14-16-27(34)17-15-25)36(32(33)37)30(24-12-13-24)22-38-21-23-8-5-4-6-9-23/h3-11,14-17,19,24,29-31H,1,12-13,18,20-22H2,2H3/t29-,30?,31-,33+/m1/s1. The highest BCUT2D eigenvalue weighted by atomic mass is 35.5. The van der Waals surface area contributed by atoms with Crippen LogP contribution in [0.15, 0.2) is 91.5 Å². The molecule has 0 spiro atoms. The molecule has 4 atom stereocenters. The van der Waals surface area contributed by atoms with Gasteiger partial charge in [-0.05, 0) is 72.6 Å². The Morgan fingerprint density at radius 2 is 1.74 bits per heavy atom. The fraction of sp³-hybridized carbons (Fsp3) is 0.364. The molecule has 1 saturated carbocycles. The van der Waals surface area contributed by atoms with Crippen molar-refractivity contribution in [3.05, 3.63) is 118 Å². The van der Waals surface area contributed by atoms with Crippen molar-refractivity contribution in [2.45, 2.75) is 56.4 Å². The number of rotatable bonds is 10. The largest absolute Gasteiger partial charge is 0.330 e. The first-order valence-corrected chi connectivity index (χ1v) is 15.4.